The van der Waals surface area contributed by atoms with Gasteiger partial charge in [-0.05, 0) is 54.2 Å². The molecule has 13 heteroatoms. The van der Waals surface area contributed by atoms with Crippen molar-refractivity contribution in [2.24, 2.45) is 11.8 Å². The van der Waals surface area contributed by atoms with Crippen molar-refractivity contribution < 1.29 is 43.7 Å². The number of amides is 3. The number of rotatable bonds is 15. The van der Waals surface area contributed by atoms with E-state index in [0.29, 0.717) is 16.1 Å². The van der Waals surface area contributed by atoms with E-state index in [9.17, 15) is 39.0 Å². The highest BCUT2D eigenvalue weighted by molar-refractivity contribution is 6.31. The third kappa shape index (κ3) is 9.85. The molecule has 1 unspecified atom stereocenters. The summed E-state index contributed by atoms with van der Waals surface area (Å²) in [6, 6.07) is 8.17. The van der Waals surface area contributed by atoms with E-state index in [1.165, 1.54) is 26.0 Å². The minimum Gasteiger partial charge on any atom is -0.508 e. The van der Waals surface area contributed by atoms with Crippen molar-refractivity contribution in [2.75, 3.05) is 6.61 Å². The number of Topliss-reactive ketones (excluding diaryl/α,β-unsaturated/α-hetero) is 2. The van der Waals surface area contributed by atoms with Gasteiger partial charge in [0, 0.05) is 30.2 Å². The van der Waals surface area contributed by atoms with Crippen molar-refractivity contribution in [2.45, 2.75) is 77.6 Å². The number of halogens is 1. The molecule has 0 saturated carbocycles. The normalized spacial score (nSPS) is 17.7. The van der Waals surface area contributed by atoms with Gasteiger partial charge in [0.2, 0.25) is 17.7 Å². The minimum atomic E-state index is -1.41. The molecule has 248 valence electrons. The van der Waals surface area contributed by atoms with Crippen LogP contribution in [0.25, 0.3) is 0 Å². The van der Waals surface area contributed by atoms with Gasteiger partial charge in [0.25, 0.3) is 0 Å². The number of nitrogens with one attached hydrogen (secondary N) is 3. The third-order valence-electron chi connectivity index (χ3n) is 7.92. The lowest BCUT2D eigenvalue weighted by atomic mass is 9.73. The summed E-state index contributed by atoms with van der Waals surface area (Å²) in [5.74, 6) is -5.84. The van der Waals surface area contributed by atoms with Gasteiger partial charge in [-0.25, -0.2) is 0 Å². The maximum atomic E-state index is 13.5. The number of ether oxygens (including phenoxy) is 1. The topological polar surface area (TPSA) is 188 Å². The average Bonchev–Trinajstić information content (AvgIpc) is 2.97. The van der Waals surface area contributed by atoms with Crippen molar-refractivity contribution in [3.05, 3.63) is 64.2 Å². The monoisotopic (exact) mass is 657 g/mol. The number of hydrogen-bond donors (Lipinski definition) is 5. The SMILES string of the molecule is CC(=O)N[C@H]1Cc2ccc(O)cc2C(C[C@H](C(=O)N[C@@H](C)C(=O)N[C@@H](CC(=O)O)C(=O)COCc2ccccc2Cl)C(C)C)C1=O. The predicted molar refractivity (Wildman–Crippen MR) is 168 cm³/mol. The maximum Gasteiger partial charge on any atom is 0.305 e. The highest BCUT2D eigenvalue weighted by atomic mass is 35.5. The molecular weight excluding hydrogens is 618 g/mol. The highest BCUT2D eigenvalue weighted by Gasteiger charge is 2.39. The zero-order valence-corrected chi connectivity index (χ0v) is 26.9. The van der Waals surface area contributed by atoms with Crippen molar-refractivity contribution >= 4 is 46.9 Å². The number of aliphatic carboxylic acids is 1. The molecule has 0 aliphatic heterocycles. The lowest BCUT2D eigenvalue weighted by Crippen LogP contribution is -2.53. The lowest BCUT2D eigenvalue weighted by Gasteiger charge is -2.33. The molecule has 1 aliphatic carbocycles. The van der Waals surface area contributed by atoms with Gasteiger partial charge in [-0.2, -0.15) is 0 Å². The fourth-order valence-corrected chi connectivity index (χ4v) is 5.63. The number of carboxylic acids is 1. The molecule has 0 saturated heterocycles. The molecule has 0 bridgehead atoms. The molecular formula is C33H40ClN3O9. The molecule has 5 N–H and O–H groups in total. The van der Waals surface area contributed by atoms with E-state index in [2.05, 4.69) is 16.0 Å². The van der Waals surface area contributed by atoms with Crippen molar-refractivity contribution in [3.63, 3.8) is 0 Å². The molecule has 0 radical (unpaired) electrons. The first-order chi connectivity index (χ1) is 21.7. The van der Waals surface area contributed by atoms with Crippen LogP contribution in [0.2, 0.25) is 5.02 Å². The number of carbonyl (C=O) groups excluding carboxylic acids is 5. The zero-order chi connectivity index (χ0) is 34.1. The molecule has 2 aromatic carbocycles. The molecule has 0 spiro atoms. The summed E-state index contributed by atoms with van der Waals surface area (Å²) in [6.45, 7) is 5.82. The third-order valence-corrected chi connectivity index (χ3v) is 8.29. The number of phenols is 1. The Kier molecular flexibility index (Phi) is 12.8. The quantitative estimate of drug-likeness (QED) is 0.192. The number of carbonyl (C=O) groups is 6. The van der Waals surface area contributed by atoms with E-state index in [-0.39, 0.29) is 42.8 Å². The van der Waals surface area contributed by atoms with E-state index in [4.69, 9.17) is 16.3 Å². The Morgan fingerprint density at radius 1 is 1.02 bits per heavy atom. The second-order valence-corrected chi connectivity index (χ2v) is 12.2. The number of hydrogen-bond acceptors (Lipinski definition) is 8. The Morgan fingerprint density at radius 3 is 2.35 bits per heavy atom. The van der Waals surface area contributed by atoms with Gasteiger partial charge in [-0.3, -0.25) is 28.8 Å². The van der Waals surface area contributed by atoms with Crippen LogP contribution in [0, 0.1) is 11.8 Å². The van der Waals surface area contributed by atoms with Gasteiger partial charge < -0.3 is 30.9 Å². The van der Waals surface area contributed by atoms with E-state index >= 15 is 0 Å². The fraction of sp³-hybridized carbons (Fsp3) is 0.455. The molecule has 0 aromatic heterocycles. The number of phenolic OH excluding ortho intramolecular Hbond substituents is 1. The van der Waals surface area contributed by atoms with E-state index in [0.717, 1.165) is 5.56 Å². The minimum absolute atomic E-state index is 0.00134. The highest BCUT2D eigenvalue weighted by Crippen LogP contribution is 2.37. The Morgan fingerprint density at radius 2 is 1.72 bits per heavy atom. The summed E-state index contributed by atoms with van der Waals surface area (Å²) < 4.78 is 5.42. The summed E-state index contributed by atoms with van der Waals surface area (Å²) in [4.78, 5) is 76.1. The number of fused-ring (bicyclic) bond motifs is 1. The van der Waals surface area contributed by atoms with E-state index in [1.54, 1.807) is 44.2 Å². The number of aromatic hydroxyl groups is 1. The van der Waals surface area contributed by atoms with Crippen LogP contribution >= 0.6 is 11.6 Å². The van der Waals surface area contributed by atoms with Gasteiger partial charge in [-0.1, -0.05) is 49.7 Å². The Labute approximate surface area is 272 Å². The second kappa shape index (κ2) is 16.3. The molecule has 0 fully saturated rings. The largest absolute Gasteiger partial charge is 0.508 e. The first-order valence-electron chi connectivity index (χ1n) is 15.0. The van der Waals surface area contributed by atoms with Gasteiger partial charge in [0.15, 0.2) is 11.6 Å². The number of carboxylic acid groups (broad SMARTS) is 1. The Bertz CT molecular complexity index is 1480. The summed E-state index contributed by atoms with van der Waals surface area (Å²) in [6.07, 6.45) is -0.394. The molecule has 5 atom stereocenters. The van der Waals surface area contributed by atoms with Crippen molar-refractivity contribution in [3.8, 4) is 5.75 Å². The van der Waals surface area contributed by atoms with Crippen LogP contribution in [0.1, 0.15) is 63.1 Å². The first-order valence-corrected chi connectivity index (χ1v) is 15.3. The number of ketones is 2. The fourth-order valence-electron chi connectivity index (χ4n) is 5.44. The first kappa shape index (κ1) is 36.2. The van der Waals surface area contributed by atoms with E-state index in [1.807, 2.05) is 0 Å². The molecule has 3 amide bonds. The van der Waals surface area contributed by atoms with Gasteiger partial charge in [0.05, 0.1) is 19.1 Å². The lowest BCUT2D eigenvalue weighted by molar-refractivity contribution is -0.141. The summed E-state index contributed by atoms with van der Waals surface area (Å²) in [5, 5.41) is 27.6. The van der Waals surface area contributed by atoms with Crippen molar-refractivity contribution in [1.29, 1.82) is 0 Å². The average molecular weight is 658 g/mol. The summed E-state index contributed by atoms with van der Waals surface area (Å²) >= 11 is 6.10. The smallest absolute Gasteiger partial charge is 0.305 e. The molecule has 46 heavy (non-hydrogen) atoms. The summed E-state index contributed by atoms with van der Waals surface area (Å²) in [7, 11) is 0. The maximum absolute atomic E-state index is 13.5. The van der Waals surface area contributed by atoms with Gasteiger partial charge in [0.1, 0.15) is 24.4 Å². The van der Waals surface area contributed by atoms with E-state index < -0.39 is 66.6 Å². The number of benzene rings is 2. The van der Waals surface area contributed by atoms with Gasteiger partial charge >= 0.3 is 5.97 Å². The van der Waals surface area contributed by atoms with Crippen LogP contribution in [0.5, 0.6) is 5.75 Å². The molecule has 1 aliphatic rings. The molecule has 3 rings (SSSR count). The van der Waals surface area contributed by atoms with Crippen molar-refractivity contribution in [1.82, 2.24) is 16.0 Å². The predicted octanol–water partition coefficient (Wildman–Crippen LogP) is 2.67. The molecule has 0 heterocycles. The van der Waals surface area contributed by atoms with Crippen LogP contribution in [0.3, 0.4) is 0 Å². The van der Waals surface area contributed by atoms with Crippen LogP contribution < -0.4 is 16.0 Å². The standard InChI is InChI=1S/C33H40ClN3O9/c1-17(2)23(13-25-24-12-22(39)10-9-20(24)11-28(31(25)43)36-19(4)38)33(45)35-18(3)32(44)37-27(14-30(41)42)29(40)16-46-15-21-7-5-6-8-26(21)34/h5-10,12,17-18,23,25,27-28,39H,11,13-16H2,1-4H3,(H,35,45)(H,36,38)(H,37,44)(H,41,42)/t18-,23-,25?,27-,28-/m0/s1. The second-order valence-electron chi connectivity index (χ2n) is 11.8. The van der Waals surface area contributed by atoms with Crippen LogP contribution in [-0.4, -0.2) is 70.2 Å². The van der Waals surface area contributed by atoms with Crippen LogP contribution in [0.15, 0.2) is 42.5 Å². The Balaban J connectivity index is 1.68. The summed E-state index contributed by atoms with van der Waals surface area (Å²) in [5.41, 5.74) is 1.97. The Hall–Kier alpha value is -4.29. The molecule has 2 aromatic rings. The van der Waals surface area contributed by atoms with Crippen LogP contribution in [-0.2, 0) is 46.5 Å². The molecule has 12 nitrogen and oxygen atoms in total. The van der Waals surface area contributed by atoms with Crippen LogP contribution in [0.4, 0.5) is 0 Å². The van der Waals surface area contributed by atoms with Gasteiger partial charge in [-0.15, -0.1) is 0 Å². The zero-order valence-electron chi connectivity index (χ0n) is 26.2.